The fraction of sp³-hybridized carbons (Fsp3) is 0.300. The van der Waals surface area contributed by atoms with Crippen molar-refractivity contribution in [2.45, 2.75) is 34.6 Å². The van der Waals surface area contributed by atoms with E-state index in [9.17, 15) is 0 Å². The van der Waals surface area contributed by atoms with E-state index in [1.165, 1.54) is 22.2 Å². The van der Waals surface area contributed by atoms with E-state index >= 15 is 0 Å². The number of aromatic amines is 1. The summed E-state index contributed by atoms with van der Waals surface area (Å²) in [6.07, 6.45) is 1.95. The average molecular weight is 298 g/mol. The summed E-state index contributed by atoms with van der Waals surface area (Å²) in [5.41, 5.74) is 3.70. The second-order valence-corrected chi connectivity index (χ2v) is 4.13. The van der Waals surface area contributed by atoms with Gasteiger partial charge in [0.05, 0.1) is 0 Å². The van der Waals surface area contributed by atoms with Gasteiger partial charge in [-0.2, -0.15) is 0 Å². The number of hydrogen-bond acceptors (Lipinski definition) is 1. The number of benzene rings is 2. The lowest BCUT2D eigenvalue weighted by Crippen LogP contribution is -1.89. The number of aromatic nitrogens is 1. The second-order valence-electron chi connectivity index (χ2n) is 4.13. The molecule has 0 saturated carbocycles. The third-order valence-corrected chi connectivity index (χ3v) is 2.88. The Morgan fingerprint density at radius 3 is 1.91 bits per heavy atom. The minimum absolute atomic E-state index is 1.21. The largest absolute Gasteiger partial charge is 0.388 e. The third kappa shape index (κ3) is 6.49. The molecule has 2 N–H and O–H groups in total. The second kappa shape index (κ2) is 12.5. The minimum atomic E-state index is 1.21. The number of nitrogens with one attached hydrogen (secondary N) is 2. The first-order valence-electron chi connectivity index (χ1n) is 8.07. The number of para-hydroxylation sites is 2. The molecule has 22 heavy (non-hydrogen) atoms. The van der Waals surface area contributed by atoms with Crippen LogP contribution in [0.2, 0.25) is 0 Å². The van der Waals surface area contributed by atoms with Crippen LogP contribution < -0.4 is 5.32 Å². The first kappa shape index (κ1) is 19.8. The molecule has 0 amide bonds. The van der Waals surface area contributed by atoms with Gasteiger partial charge in [-0.1, -0.05) is 64.1 Å². The predicted octanol–water partition coefficient (Wildman–Crippen LogP) is 6.26. The topological polar surface area (TPSA) is 27.8 Å². The van der Waals surface area contributed by atoms with Gasteiger partial charge < -0.3 is 10.3 Å². The van der Waals surface area contributed by atoms with E-state index in [1.54, 1.807) is 0 Å². The zero-order valence-electron chi connectivity index (χ0n) is 14.8. The van der Waals surface area contributed by atoms with Gasteiger partial charge in [-0.3, -0.25) is 0 Å². The molecule has 2 nitrogen and oxygen atoms in total. The van der Waals surface area contributed by atoms with Crippen LogP contribution in [0.4, 0.5) is 5.69 Å². The molecular formula is C20H30N2. The van der Waals surface area contributed by atoms with Crippen molar-refractivity contribution in [1.82, 2.24) is 4.98 Å². The van der Waals surface area contributed by atoms with Gasteiger partial charge in [-0.25, -0.2) is 0 Å². The maximum absolute atomic E-state index is 3.12. The highest BCUT2D eigenvalue weighted by atomic mass is 14.8. The summed E-state index contributed by atoms with van der Waals surface area (Å²) in [6, 6.07) is 18.5. The molecule has 0 bridgehead atoms. The van der Waals surface area contributed by atoms with Gasteiger partial charge in [-0.15, -0.1) is 0 Å². The van der Waals surface area contributed by atoms with Crippen LogP contribution in [-0.2, 0) is 0 Å². The van der Waals surface area contributed by atoms with Gasteiger partial charge in [0.2, 0.25) is 0 Å². The molecule has 0 aliphatic heterocycles. The van der Waals surface area contributed by atoms with Crippen LogP contribution in [-0.4, -0.2) is 12.0 Å². The quantitative estimate of drug-likeness (QED) is 0.545. The molecule has 1 heterocycles. The van der Waals surface area contributed by atoms with Crippen LogP contribution >= 0.6 is 0 Å². The predicted molar refractivity (Wildman–Crippen MR) is 102 cm³/mol. The van der Waals surface area contributed by atoms with Crippen molar-refractivity contribution in [2.24, 2.45) is 0 Å². The fourth-order valence-corrected chi connectivity index (χ4v) is 1.85. The van der Waals surface area contributed by atoms with Gasteiger partial charge in [0.15, 0.2) is 0 Å². The maximum Gasteiger partial charge on any atom is 0.0453 e. The van der Waals surface area contributed by atoms with Crippen molar-refractivity contribution in [3.8, 4) is 0 Å². The van der Waals surface area contributed by atoms with E-state index in [0.717, 1.165) is 0 Å². The summed E-state index contributed by atoms with van der Waals surface area (Å²) in [6.45, 7) is 10.1. The molecule has 0 saturated heterocycles. The van der Waals surface area contributed by atoms with E-state index in [-0.39, 0.29) is 0 Å². The van der Waals surface area contributed by atoms with Crippen LogP contribution in [0.25, 0.3) is 10.9 Å². The molecule has 0 aliphatic rings. The van der Waals surface area contributed by atoms with Crippen molar-refractivity contribution >= 4 is 16.6 Å². The molecule has 2 heteroatoms. The molecular weight excluding hydrogens is 268 g/mol. The van der Waals surface area contributed by atoms with Crippen molar-refractivity contribution < 1.29 is 0 Å². The van der Waals surface area contributed by atoms with Crippen molar-refractivity contribution in [3.63, 3.8) is 0 Å². The first-order chi connectivity index (χ1) is 10.8. The number of anilines is 1. The summed E-state index contributed by atoms with van der Waals surface area (Å²) in [5.74, 6) is 0. The van der Waals surface area contributed by atoms with Gasteiger partial charge >= 0.3 is 0 Å². The lowest BCUT2D eigenvalue weighted by Gasteiger charge is -2.01. The SMILES string of the molecule is CC.CC.CNc1ccccc1C.c1ccc2[nH]ccc2c1. The average Bonchev–Trinajstić information content (AvgIpc) is 3.08. The summed E-state index contributed by atoms with van der Waals surface area (Å²) >= 11 is 0. The maximum atomic E-state index is 3.12. The number of aryl methyl sites for hydroxylation is 1. The van der Waals surface area contributed by atoms with Crippen molar-refractivity contribution in [1.29, 1.82) is 0 Å². The number of rotatable bonds is 1. The zero-order valence-corrected chi connectivity index (χ0v) is 14.8. The van der Waals surface area contributed by atoms with E-state index in [1.807, 2.05) is 65.2 Å². The highest BCUT2D eigenvalue weighted by Crippen LogP contribution is 2.11. The molecule has 0 aliphatic carbocycles. The Balaban J connectivity index is 0.000000328. The Kier molecular flexibility index (Phi) is 11.3. The standard InChI is InChI=1S/C8H7N.C8H11N.2C2H6/c1-2-4-8-7(3-1)5-6-9-8;1-7-5-3-4-6-8(7)9-2;2*1-2/h1-6,9H;3-6,9H,1-2H3;2*1-2H3. The Hall–Kier alpha value is -2.22. The Labute approximate surface area is 135 Å². The lowest BCUT2D eigenvalue weighted by atomic mass is 10.2. The van der Waals surface area contributed by atoms with Crippen LogP contribution in [0.1, 0.15) is 33.3 Å². The molecule has 0 fully saturated rings. The molecule has 120 valence electrons. The highest BCUT2D eigenvalue weighted by molar-refractivity contribution is 5.78. The third-order valence-electron chi connectivity index (χ3n) is 2.88. The number of fused-ring (bicyclic) bond motifs is 1. The van der Waals surface area contributed by atoms with Crippen LogP contribution in [0.5, 0.6) is 0 Å². The van der Waals surface area contributed by atoms with Gasteiger partial charge in [0.1, 0.15) is 0 Å². The molecule has 0 atom stereocenters. The zero-order chi connectivity index (χ0) is 16.8. The van der Waals surface area contributed by atoms with Crippen LogP contribution in [0.15, 0.2) is 60.8 Å². The van der Waals surface area contributed by atoms with Gasteiger partial charge in [0, 0.05) is 24.4 Å². The summed E-state index contributed by atoms with van der Waals surface area (Å²) in [7, 11) is 1.93. The highest BCUT2D eigenvalue weighted by Gasteiger charge is 1.88. The Morgan fingerprint density at radius 1 is 0.773 bits per heavy atom. The molecule has 0 radical (unpaired) electrons. The molecule has 0 spiro atoms. The first-order valence-corrected chi connectivity index (χ1v) is 8.07. The summed E-state index contributed by atoms with van der Waals surface area (Å²) < 4.78 is 0. The number of hydrogen-bond donors (Lipinski definition) is 2. The molecule has 3 aromatic rings. The van der Waals surface area contributed by atoms with Crippen LogP contribution in [0.3, 0.4) is 0 Å². The molecule has 1 aromatic heterocycles. The smallest absolute Gasteiger partial charge is 0.0453 e. The van der Waals surface area contributed by atoms with Crippen LogP contribution in [0, 0.1) is 6.92 Å². The van der Waals surface area contributed by atoms with E-state index in [0.29, 0.717) is 0 Å². The minimum Gasteiger partial charge on any atom is -0.388 e. The van der Waals surface area contributed by atoms with Crippen molar-refractivity contribution in [3.05, 3.63) is 66.4 Å². The Morgan fingerprint density at radius 2 is 1.36 bits per heavy atom. The summed E-state index contributed by atoms with van der Waals surface area (Å²) in [4.78, 5) is 3.12. The Bertz CT molecular complexity index is 581. The monoisotopic (exact) mass is 298 g/mol. The molecule has 3 rings (SSSR count). The van der Waals surface area contributed by atoms with Gasteiger partial charge in [-0.05, 0) is 36.1 Å². The normalized spacial score (nSPS) is 8.45. The van der Waals surface area contributed by atoms with E-state index in [2.05, 4.69) is 47.6 Å². The number of H-pyrrole nitrogens is 1. The lowest BCUT2D eigenvalue weighted by molar-refractivity contribution is 1.41. The molecule has 2 aromatic carbocycles. The van der Waals surface area contributed by atoms with Crippen molar-refractivity contribution in [2.75, 3.05) is 12.4 Å². The van der Waals surface area contributed by atoms with E-state index in [4.69, 9.17) is 0 Å². The van der Waals surface area contributed by atoms with Gasteiger partial charge in [0.25, 0.3) is 0 Å². The molecule has 0 unspecified atom stereocenters. The van der Waals surface area contributed by atoms with E-state index < -0.39 is 0 Å². The summed E-state index contributed by atoms with van der Waals surface area (Å²) in [5, 5.41) is 4.37. The fourth-order valence-electron chi connectivity index (χ4n) is 1.85.